The Labute approximate surface area is 90.9 Å². The van der Waals surface area contributed by atoms with Gasteiger partial charge >= 0.3 is 0 Å². The molecule has 0 aliphatic carbocycles. The third-order valence-corrected chi connectivity index (χ3v) is 3.03. The molecular formula is C12H18OS. The molecular weight excluding hydrogens is 192 g/mol. The maximum Gasteiger partial charge on any atom is 0.0920 e. The SMILES string of the molecule is COCSCc1cccc(C(C)C)c1. The van der Waals surface area contributed by atoms with Gasteiger partial charge in [0.1, 0.15) is 0 Å². The van der Waals surface area contributed by atoms with Crippen LogP contribution in [0.2, 0.25) is 0 Å². The van der Waals surface area contributed by atoms with E-state index in [-0.39, 0.29) is 0 Å². The first-order chi connectivity index (χ1) is 6.74. The molecule has 78 valence electrons. The molecule has 0 radical (unpaired) electrons. The minimum atomic E-state index is 0.613. The van der Waals surface area contributed by atoms with Gasteiger partial charge in [0.05, 0.1) is 5.94 Å². The largest absolute Gasteiger partial charge is 0.374 e. The molecule has 0 atom stereocenters. The number of thioether (sulfide) groups is 1. The average molecular weight is 210 g/mol. The Balaban J connectivity index is 2.55. The summed E-state index contributed by atoms with van der Waals surface area (Å²) in [4.78, 5) is 0. The second-order valence-corrected chi connectivity index (χ2v) is 4.59. The fourth-order valence-corrected chi connectivity index (χ4v) is 1.95. The molecule has 0 saturated carbocycles. The summed E-state index contributed by atoms with van der Waals surface area (Å²) in [6, 6.07) is 8.79. The zero-order valence-corrected chi connectivity index (χ0v) is 9.93. The first kappa shape index (κ1) is 11.6. The van der Waals surface area contributed by atoms with E-state index in [4.69, 9.17) is 4.74 Å². The highest BCUT2D eigenvalue weighted by atomic mass is 32.2. The predicted octanol–water partition coefficient (Wildman–Crippen LogP) is 3.65. The van der Waals surface area contributed by atoms with Crippen molar-refractivity contribution in [3.8, 4) is 0 Å². The van der Waals surface area contributed by atoms with Gasteiger partial charge in [0.15, 0.2) is 0 Å². The topological polar surface area (TPSA) is 9.23 Å². The molecule has 0 N–H and O–H groups in total. The van der Waals surface area contributed by atoms with Crippen molar-refractivity contribution >= 4 is 11.8 Å². The molecule has 1 aromatic rings. The molecule has 0 saturated heterocycles. The van der Waals surface area contributed by atoms with Gasteiger partial charge in [0.2, 0.25) is 0 Å². The van der Waals surface area contributed by atoms with E-state index < -0.39 is 0 Å². The molecule has 0 heterocycles. The van der Waals surface area contributed by atoms with Gasteiger partial charge in [0.25, 0.3) is 0 Å². The Kier molecular flexibility index (Phi) is 5.05. The Morgan fingerprint density at radius 1 is 1.36 bits per heavy atom. The zero-order chi connectivity index (χ0) is 10.4. The molecule has 0 aromatic heterocycles. The van der Waals surface area contributed by atoms with Crippen molar-refractivity contribution < 1.29 is 4.74 Å². The summed E-state index contributed by atoms with van der Waals surface area (Å²) in [5.41, 5.74) is 2.80. The number of methoxy groups -OCH3 is 1. The van der Waals surface area contributed by atoms with Gasteiger partial charge in [-0.2, -0.15) is 0 Å². The van der Waals surface area contributed by atoms with E-state index in [1.807, 2.05) is 0 Å². The minimum absolute atomic E-state index is 0.613. The molecule has 2 heteroatoms. The van der Waals surface area contributed by atoms with Crippen molar-refractivity contribution in [1.82, 2.24) is 0 Å². The minimum Gasteiger partial charge on any atom is -0.374 e. The number of hydrogen-bond acceptors (Lipinski definition) is 2. The molecule has 1 aromatic carbocycles. The monoisotopic (exact) mass is 210 g/mol. The van der Waals surface area contributed by atoms with E-state index in [1.54, 1.807) is 18.9 Å². The first-order valence-electron chi connectivity index (χ1n) is 4.89. The fraction of sp³-hybridized carbons (Fsp3) is 0.500. The summed E-state index contributed by atoms with van der Waals surface area (Å²) in [5, 5.41) is 0. The summed E-state index contributed by atoms with van der Waals surface area (Å²) in [6.45, 7) is 4.45. The Morgan fingerprint density at radius 3 is 2.79 bits per heavy atom. The van der Waals surface area contributed by atoms with Crippen LogP contribution in [-0.2, 0) is 10.5 Å². The van der Waals surface area contributed by atoms with E-state index in [0.717, 1.165) is 11.7 Å². The van der Waals surface area contributed by atoms with Crippen LogP contribution in [0.15, 0.2) is 24.3 Å². The van der Waals surface area contributed by atoms with Crippen LogP contribution in [0.5, 0.6) is 0 Å². The normalized spacial score (nSPS) is 10.9. The summed E-state index contributed by atoms with van der Waals surface area (Å²) in [7, 11) is 1.73. The van der Waals surface area contributed by atoms with E-state index in [9.17, 15) is 0 Å². The van der Waals surface area contributed by atoms with Gasteiger partial charge in [-0.25, -0.2) is 0 Å². The molecule has 1 nitrogen and oxygen atoms in total. The summed E-state index contributed by atoms with van der Waals surface area (Å²) in [5.74, 6) is 2.42. The van der Waals surface area contributed by atoms with Crippen LogP contribution in [0.1, 0.15) is 30.9 Å². The van der Waals surface area contributed by atoms with Gasteiger partial charge in [0, 0.05) is 12.9 Å². The van der Waals surface area contributed by atoms with Crippen LogP contribution >= 0.6 is 11.8 Å². The lowest BCUT2D eigenvalue weighted by molar-refractivity contribution is 0.259. The lowest BCUT2D eigenvalue weighted by Crippen LogP contribution is -1.90. The van der Waals surface area contributed by atoms with Crippen molar-refractivity contribution in [2.24, 2.45) is 0 Å². The summed E-state index contributed by atoms with van der Waals surface area (Å²) >= 11 is 1.80. The fourth-order valence-electron chi connectivity index (χ4n) is 1.28. The number of hydrogen-bond donors (Lipinski definition) is 0. The third-order valence-electron chi connectivity index (χ3n) is 2.09. The van der Waals surface area contributed by atoms with Gasteiger partial charge in [-0.1, -0.05) is 38.1 Å². The molecule has 0 amide bonds. The van der Waals surface area contributed by atoms with Crippen LogP contribution < -0.4 is 0 Å². The lowest BCUT2D eigenvalue weighted by Gasteiger charge is -2.07. The molecule has 0 aliphatic rings. The highest BCUT2D eigenvalue weighted by Crippen LogP contribution is 2.18. The van der Waals surface area contributed by atoms with E-state index in [1.165, 1.54) is 11.1 Å². The van der Waals surface area contributed by atoms with Crippen LogP contribution in [0.25, 0.3) is 0 Å². The summed E-state index contributed by atoms with van der Waals surface area (Å²) in [6.07, 6.45) is 0. The zero-order valence-electron chi connectivity index (χ0n) is 9.12. The lowest BCUT2D eigenvalue weighted by atomic mass is 10.0. The van der Waals surface area contributed by atoms with Crippen molar-refractivity contribution in [3.63, 3.8) is 0 Å². The summed E-state index contributed by atoms with van der Waals surface area (Å²) < 4.78 is 5.00. The van der Waals surface area contributed by atoms with Gasteiger partial charge in [-0.05, 0) is 17.0 Å². The van der Waals surface area contributed by atoms with Crippen molar-refractivity contribution in [1.29, 1.82) is 0 Å². The highest BCUT2D eigenvalue weighted by molar-refractivity contribution is 7.98. The molecule has 0 fully saturated rings. The Hall–Kier alpha value is -0.470. The maximum absolute atomic E-state index is 5.00. The van der Waals surface area contributed by atoms with Gasteiger partial charge in [-0.3, -0.25) is 0 Å². The number of ether oxygens (including phenoxy) is 1. The maximum atomic E-state index is 5.00. The number of rotatable bonds is 5. The van der Waals surface area contributed by atoms with E-state index in [2.05, 4.69) is 38.1 Å². The smallest absolute Gasteiger partial charge is 0.0920 e. The van der Waals surface area contributed by atoms with Crippen LogP contribution in [0, 0.1) is 0 Å². The van der Waals surface area contributed by atoms with Crippen molar-refractivity contribution in [2.45, 2.75) is 25.5 Å². The Bertz CT molecular complexity index is 271. The van der Waals surface area contributed by atoms with E-state index in [0.29, 0.717) is 5.92 Å². The highest BCUT2D eigenvalue weighted by Gasteiger charge is 1.99. The van der Waals surface area contributed by atoms with Crippen molar-refractivity contribution in [3.05, 3.63) is 35.4 Å². The van der Waals surface area contributed by atoms with E-state index >= 15 is 0 Å². The molecule has 0 aliphatic heterocycles. The van der Waals surface area contributed by atoms with Crippen molar-refractivity contribution in [2.75, 3.05) is 13.0 Å². The van der Waals surface area contributed by atoms with Crippen LogP contribution in [0.4, 0.5) is 0 Å². The first-order valence-corrected chi connectivity index (χ1v) is 6.05. The third kappa shape index (κ3) is 3.72. The predicted molar refractivity (Wildman–Crippen MR) is 63.7 cm³/mol. The Morgan fingerprint density at radius 2 is 2.14 bits per heavy atom. The van der Waals surface area contributed by atoms with Gasteiger partial charge in [-0.15, -0.1) is 11.8 Å². The second kappa shape index (κ2) is 6.10. The average Bonchev–Trinajstić information content (AvgIpc) is 2.19. The molecule has 0 spiro atoms. The van der Waals surface area contributed by atoms with Crippen LogP contribution in [-0.4, -0.2) is 13.0 Å². The molecule has 1 rings (SSSR count). The van der Waals surface area contributed by atoms with Crippen LogP contribution in [0.3, 0.4) is 0 Å². The standard InChI is InChI=1S/C12H18OS/c1-10(2)12-6-4-5-11(7-12)8-14-9-13-3/h4-7,10H,8-9H2,1-3H3. The quantitative estimate of drug-likeness (QED) is 0.542. The second-order valence-electron chi connectivity index (χ2n) is 3.65. The molecule has 0 unspecified atom stereocenters. The molecule has 0 bridgehead atoms. The molecule has 14 heavy (non-hydrogen) atoms. The number of benzene rings is 1. The van der Waals surface area contributed by atoms with Gasteiger partial charge < -0.3 is 4.74 Å².